The van der Waals surface area contributed by atoms with Gasteiger partial charge in [-0.3, -0.25) is 4.79 Å². The number of carboxylic acids is 1. The molecule has 16 heavy (non-hydrogen) atoms. The molecule has 0 aromatic rings. The van der Waals surface area contributed by atoms with Crippen LogP contribution in [0.3, 0.4) is 0 Å². The van der Waals surface area contributed by atoms with Gasteiger partial charge in [0.15, 0.2) is 0 Å². The Bertz CT molecular complexity index is 355. The zero-order valence-electron chi connectivity index (χ0n) is 8.57. The Morgan fingerprint density at radius 1 is 1.44 bits per heavy atom. The maximum absolute atomic E-state index is 10.6. The maximum Gasteiger partial charge on any atom is 0.368 e. The minimum Gasteiger partial charge on any atom is -0.476 e. The van der Waals surface area contributed by atoms with E-state index in [0.717, 1.165) is 0 Å². The van der Waals surface area contributed by atoms with Crippen molar-refractivity contribution in [3.8, 4) is 0 Å². The Balaban J connectivity index is 0. The third-order valence-corrected chi connectivity index (χ3v) is 1.87. The first-order chi connectivity index (χ1) is 7.40. The average molecular weight is 273 g/mol. The molecule has 9 heteroatoms. The van der Waals surface area contributed by atoms with E-state index >= 15 is 0 Å². The van der Waals surface area contributed by atoms with E-state index in [0.29, 0.717) is 12.4 Å². The van der Waals surface area contributed by atoms with Crippen LogP contribution in [0, 0.1) is 0 Å². The fraction of sp³-hybridized carbons (Fsp3) is 0.571. The van der Waals surface area contributed by atoms with Crippen LogP contribution in [0.5, 0.6) is 0 Å². The molecule has 1 amide bonds. The molecule has 0 aliphatic carbocycles. The highest BCUT2D eigenvalue weighted by atomic mass is 35.5. The van der Waals surface area contributed by atoms with Crippen molar-refractivity contribution in [2.24, 2.45) is 5.73 Å². The molecule has 0 aromatic heterocycles. The van der Waals surface area contributed by atoms with Crippen LogP contribution < -0.4 is 11.1 Å². The minimum absolute atomic E-state index is 0.0218. The monoisotopic (exact) mass is 272 g/mol. The van der Waals surface area contributed by atoms with Crippen LogP contribution >= 0.6 is 11.6 Å². The first-order valence-electron chi connectivity index (χ1n) is 4.16. The van der Waals surface area contributed by atoms with Gasteiger partial charge in [-0.1, -0.05) is 6.92 Å². The second-order valence-electron chi connectivity index (χ2n) is 2.25. The van der Waals surface area contributed by atoms with Crippen LogP contribution in [-0.4, -0.2) is 42.8 Å². The van der Waals surface area contributed by atoms with Crippen molar-refractivity contribution in [3.05, 3.63) is 0 Å². The van der Waals surface area contributed by atoms with E-state index in [4.69, 9.17) is 22.4 Å². The highest BCUT2D eigenvalue weighted by Gasteiger charge is 2.13. The summed E-state index contributed by atoms with van der Waals surface area (Å²) in [5.41, 5.74) is 4.90. The predicted octanol–water partition coefficient (Wildman–Crippen LogP) is -1.21. The minimum atomic E-state index is -2.92. The summed E-state index contributed by atoms with van der Waals surface area (Å²) >= 11 is 5.06. The topological polar surface area (TPSA) is 127 Å². The van der Waals surface area contributed by atoms with Gasteiger partial charge in [0.2, 0.25) is 21.2 Å². The largest absolute Gasteiger partial charge is 0.476 e. The zero-order valence-corrected chi connectivity index (χ0v) is 10.1. The first kappa shape index (κ1) is 17.3. The molecule has 0 bridgehead atoms. The molecule has 4 N–H and O–H groups in total. The number of carbonyl (C=O) groups is 2. The third-order valence-electron chi connectivity index (χ3n) is 1.04. The summed E-state index contributed by atoms with van der Waals surface area (Å²) < 4.78 is 20.3. The van der Waals surface area contributed by atoms with Gasteiger partial charge >= 0.3 is 5.97 Å². The molecule has 0 saturated heterocycles. The normalized spacial score (nSPS) is 8.44. The lowest BCUT2D eigenvalue weighted by Gasteiger charge is -1.97. The van der Waals surface area contributed by atoms with Crippen molar-refractivity contribution in [1.29, 1.82) is 0 Å². The Kier molecular flexibility index (Phi) is 11.2. The van der Waals surface area contributed by atoms with Gasteiger partial charge in [0.25, 0.3) is 0 Å². The smallest absolute Gasteiger partial charge is 0.368 e. The Morgan fingerprint density at radius 2 is 1.88 bits per heavy atom. The number of hydrogen-bond donors (Lipinski definition) is 3. The van der Waals surface area contributed by atoms with E-state index < -0.39 is 27.2 Å². The van der Waals surface area contributed by atoms with Gasteiger partial charge < -0.3 is 16.2 Å². The number of carbonyl (C=O) groups excluding carboxylic acids is 1. The van der Waals surface area contributed by atoms with E-state index in [1.807, 2.05) is 0 Å². The van der Waals surface area contributed by atoms with Gasteiger partial charge in [-0.2, -0.15) is 8.42 Å². The SMILES string of the molecule is CCC(=O)NC(C(=O)O)=S(=O)=O.NCCCl. The molecule has 0 rings (SSSR count). The quantitative estimate of drug-likeness (QED) is 0.428. The van der Waals surface area contributed by atoms with Crippen LogP contribution in [0.1, 0.15) is 13.3 Å². The second-order valence-corrected chi connectivity index (χ2v) is 3.50. The van der Waals surface area contributed by atoms with E-state index in [1.54, 1.807) is 5.32 Å². The van der Waals surface area contributed by atoms with Crippen LogP contribution in [0.4, 0.5) is 0 Å². The molecule has 0 aliphatic rings. The Hall–Kier alpha value is -1.12. The summed E-state index contributed by atoms with van der Waals surface area (Å²) in [5, 5.41) is 9.97. The van der Waals surface area contributed by atoms with Gasteiger partial charge in [0.05, 0.1) is 0 Å². The number of nitrogens with two attached hydrogens (primary N) is 1. The van der Waals surface area contributed by atoms with Crippen LogP contribution in [-0.2, 0) is 19.9 Å². The van der Waals surface area contributed by atoms with Crippen molar-refractivity contribution in [2.45, 2.75) is 13.3 Å². The highest BCUT2D eigenvalue weighted by molar-refractivity contribution is 7.74. The van der Waals surface area contributed by atoms with Crippen molar-refractivity contribution in [2.75, 3.05) is 12.4 Å². The van der Waals surface area contributed by atoms with Gasteiger partial charge in [-0.05, 0) is 0 Å². The lowest BCUT2D eigenvalue weighted by atomic mass is 10.4. The maximum atomic E-state index is 10.6. The molecule has 0 atom stereocenters. The lowest BCUT2D eigenvalue weighted by Crippen LogP contribution is -2.36. The number of hydrogen-bond acceptors (Lipinski definition) is 5. The number of carboxylic acid groups (broad SMARTS) is 1. The Morgan fingerprint density at radius 3 is 2.06 bits per heavy atom. The third kappa shape index (κ3) is 9.44. The van der Waals surface area contributed by atoms with E-state index in [9.17, 15) is 18.0 Å². The molecule has 0 aliphatic heterocycles. The van der Waals surface area contributed by atoms with Crippen molar-refractivity contribution >= 4 is 38.8 Å². The number of halogens is 1. The molecule has 0 spiro atoms. The molecule has 94 valence electrons. The zero-order chi connectivity index (χ0) is 13.1. The summed E-state index contributed by atoms with van der Waals surface area (Å²) in [6.07, 6.45) is 0.0218. The summed E-state index contributed by atoms with van der Waals surface area (Å²) in [6, 6.07) is 0. The molecule has 0 aromatic carbocycles. The van der Waals surface area contributed by atoms with Gasteiger partial charge in [-0.25, -0.2) is 4.79 Å². The molecular weight excluding hydrogens is 260 g/mol. The molecule has 0 unspecified atom stereocenters. The predicted molar refractivity (Wildman–Crippen MR) is 59.8 cm³/mol. The van der Waals surface area contributed by atoms with E-state index in [-0.39, 0.29) is 6.42 Å². The standard InChI is InChI=1S/C5H7NO5S.C2H6ClN/c1-2-3(7)6-4(5(8)9)12(10)11;3-1-2-4/h2H2,1H3,(H,6,7)(H,8,9);1-2,4H2. The first-order valence-corrected chi connectivity index (χ1v) is 5.76. The van der Waals surface area contributed by atoms with Crippen molar-refractivity contribution in [3.63, 3.8) is 0 Å². The molecule has 7 nitrogen and oxygen atoms in total. The number of amides is 1. The molecular formula is C7H13ClN2O5S. The van der Waals surface area contributed by atoms with Crippen molar-refractivity contribution < 1.29 is 23.1 Å². The highest BCUT2D eigenvalue weighted by Crippen LogP contribution is 1.76. The van der Waals surface area contributed by atoms with Crippen molar-refractivity contribution in [1.82, 2.24) is 5.32 Å². The number of aliphatic carboxylic acids is 1. The van der Waals surface area contributed by atoms with E-state index in [2.05, 4.69) is 0 Å². The molecule has 0 saturated carbocycles. The second kappa shape index (κ2) is 10.4. The number of rotatable bonds is 2. The summed E-state index contributed by atoms with van der Waals surface area (Å²) in [6.45, 7) is 2.06. The van der Waals surface area contributed by atoms with Gasteiger partial charge in [-0.15, -0.1) is 11.6 Å². The lowest BCUT2D eigenvalue weighted by molar-refractivity contribution is -0.130. The summed E-state index contributed by atoms with van der Waals surface area (Å²) in [5.74, 6) is -1.76. The fourth-order valence-electron chi connectivity index (χ4n) is 0.381. The number of nitrogens with one attached hydrogen (secondary N) is 1. The fourth-order valence-corrected chi connectivity index (χ4v) is 0.721. The average Bonchev–Trinajstić information content (AvgIpc) is 2.24. The summed E-state index contributed by atoms with van der Waals surface area (Å²) in [4.78, 5) is 19.7. The van der Waals surface area contributed by atoms with Crippen LogP contribution in [0.2, 0.25) is 0 Å². The van der Waals surface area contributed by atoms with Gasteiger partial charge in [0.1, 0.15) is 0 Å². The van der Waals surface area contributed by atoms with E-state index in [1.165, 1.54) is 6.92 Å². The van der Waals surface area contributed by atoms with Crippen LogP contribution in [0.25, 0.3) is 0 Å². The van der Waals surface area contributed by atoms with Crippen LogP contribution in [0.15, 0.2) is 0 Å². The summed E-state index contributed by atoms with van der Waals surface area (Å²) in [7, 11) is -2.92. The Labute approximate surface area is 99.1 Å². The van der Waals surface area contributed by atoms with Gasteiger partial charge in [0, 0.05) is 18.8 Å². The molecule has 0 heterocycles. The number of alkyl halides is 1. The molecule has 0 radical (unpaired) electrons. The molecule has 0 fully saturated rings.